The van der Waals surface area contributed by atoms with Crippen LogP contribution in [0.2, 0.25) is 0 Å². The molecule has 1 rings (SSSR count). The summed E-state index contributed by atoms with van der Waals surface area (Å²) in [6.45, 7) is 6.47. The molecule has 0 saturated heterocycles. The van der Waals surface area contributed by atoms with E-state index in [1.54, 1.807) is 12.1 Å². The Bertz CT molecular complexity index is 609. The molecule has 0 atom stereocenters. The van der Waals surface area contributed by atoms with Gasteiger partial charge in [0.05, 0.1) is 71.9 Å². The molecule has 0 aliphatic heterocycles. The number of hydrogen-bond acceptors (Lipinski definition) is 9. The van der Waals surface area contributed by atoms with E-state index in [-0.39, 0.29) is 25.0 Å². The molecule has 0 saturated carbocycles. The monoisotopic (exact) mass is 455 g/mol. The molecule has 0 spiro atoms. The van der Waals surface area contributed by atoms with E-state index in [2.05, 4.69) is 17.0 Å². The van der Waals surface area contributed by atoms with Crippen molar-refractivity contribution in [3.8, 4) is 0 Å². The van der Waals surface area contributed by atoms with Crippen molar-refractivity contribution in [2.24, 2.45) is 0 Å². The van der Waals surface area contributed by atoms with Gasteiger partial charge in [-0.15, -0.1) is 0 Å². The Morgan fingerprint density at radius 3 is 1.84 bits per heavy atom. The van der Waals surface area contributed by atoms with Gasteiger partial charge in [0.15, 0.2) is 0 Å². The van der Waals surface area contributed by atoms with E-state index in [1.165, 1.54) is 7.11 Å². The molecule has 0 fully saturated rings. The SMILES string of the molecule is CCCCNc1ccc(C(=O)OCCOCCOCCOCCOCCC(=O)OC)cc1. The highest BCUT2D eigenvalue weighted by Gasteiger charge is 2.06. The minimum Gasteiger partial charge on any atom is -0.469 e. The molecule has 0 aliphatic rings. The van der Waals surface area contributed by atoms with Crippen LogP contribution in [0.4, 0.5) is 5.69 Å². The number of unbranched alkanes of at least 4 members (excludes halogenated alkanes) is 1. The molecule has 0 amide bonds. The largest absolute Gasteiger partial charge is 0.469 e. The summed E-state index contributed by atoms with van der Waals surface area (Å²) in [5.41, 5.74) is 1.51. The van der Waals surface area contributed by atoms with Gasteiger partial charge in [-0.05, 0) is 30.7 Å². The molecule has 182 valence electrons. The third-order valence-corrected chi connectivity index (χ3v) is 4.24. The standard InChI is InChI=1S/C23H37NO8/c1-3-4-10-24-21-7-5-20(6-8-21)23(26)32-19-18-31-17-16-30-15-14-29-13-12-28-11-9-22(25)27-2/h5-8,24H,3-4,9-19H2,1-2H3. The number of benzene rings is 1. The Balaban J connectivity index is 1.89. The first-order valence-electron chi connectivity index (χ1n) is 11.1. The Kier molecular flexibility index (Phi) is 16.9. The van der Waals surface area contributed by atoms with Crippen molar-refractivity contribution in [1.82, 2.24) is 0 Å². The smallest absolute Gasteiger partial charge is 0.338 e. The summed E-state index contributed by atoms with van der Waals surface area (Å²) in [6.07, 6.45) is 2.49. The summed E-state index contributed by atoms with van der Waals surface area (Å²) in [5.74, 6) is -0.656. The van der Waals surface area contributed by atoms with E-state index < -0.39 is 0 Å². The number of esters is 2. The lowest BCUT2D eigenvalue weighted by molar-refractivity contribution is -0.141. The van der Waals surface area contributed by atoms with Gasteiger partial charge in [0.25, 0.3) is 0 Å². The van der Waals surface area contributed by atoms with Crippen LogP contribution >= 0.6 is 0 Å². The third kappa shape index (κ3) is 14.7. The number of carbonyl (C=O) groups excluding carboxylic acids is 2. The van der Waals surface area contributed by atoms with Crippen LogP contribution in [0.25, 0.3) is 0 Å². The number of carbonyl (C=O) groups is 2. The lowest BCUT2D eigenvalue weighted by Crippen LogP contribution is -2.15. The van der Waals surface area contributed by atoms with Crippen LogP contribution in [0.15, 0.2) is 24.3 Å². The fourth-order valence-electron chi connectivity index (χ4n) is 2.43. The molecule has 0 heterocycles. The quantitative estimate of drug-likeness (QED) is 0.235. The lowest BCUT2D eigenvalue weighted by Gasteiger charge is -2.09. The normalized spacial score (nSPS) is 10.7. The van der Waals surface area contributed by atoms with E-state index in [0.717, 1.165) is 25.1 Å². The molecule has 9 heteroatoms. The molecule has 1 aromatic carbocycles. The Morgan fingerprint density at radius 1 is 0.781 bits per heavy atom. The van der Waals surface area contributed by atoms with Crippen molar-refractivity contribution in [2.45, 2.75) is 26.2 Å². The average Bonchev–Trinajstić information content (AvgIpc) is 2.81. The van der Waals surface area contributed by atoms with Crippen LogP contribution in [0, 0.1) is 0 Å². The van der Waals surface area contributed by atoms with Crippen LogP contribution in [0.1, 0.15) is 36.5 Å². The van der Waals surface area contributed by atoms with E-state index in [9.17, 15) is 9.59 Å². The van der Waals surface area contributed by atoms with Gasteiger partial charge in [0, 0.05) is 12.2 Å². The highest BCUT2D eigenvalue weighted by atomic mass is 16.6. The van der Waals surface area contributed by atoms with E-state index in [0.29, 0.717) is 58.4 Å². The summed E-state index contributed by atoms with van der Waals surface area (Å²) >= 11 is 0. The Labute approximate surface area is 190 Å². The lowest BCUT2D eigenvalue weighted by atomic mass is 10.2. The zero-order chi connectivity index (χ0) is 23.3. The van der Waals surface area contributed by atoms with Gasteiger partial charge in [-0.2, -0.15) is 0 Å². The van der Waals surface area contributed by atoms with E-state index >= 15 is 0 Å². The molecule has 1 aromatic rings. The van der Waals surface area contributed by atoms with Crippen molar-refractivity contribution in [3.05, 3.63) is 29.8 Å². The summed E-state index contributed by atoms with van der Waals surface area (Å²) in [4.78, 5) is 22.9. The number of methoxy groups -OCH3 is 1. The molecule has 0 bridgehead atoms. The molecule has 1 N–H and O–H groups in total. The van der Waals surface area contributed by atoms with Crippen molar-refractivity contribution >= 4 is 17.6 Å². The molecule has 0 aromatic heterocycles. The summed E-state index contributed by atoms with van der Waals surface area (Å²) in [6, 6.07) is 7.26. The number of ether oxygens (including phenoxy) is 6. The average molecular weight is 456 g/mol. The minimum absolute atomic E-state index is 0.189. The van der Waals surface area contributed by atoms with Crippen molar-refractivity contribution in [2.75, 3.05) is 78.4 Å². The fourth-order valence-corrected chi connectivity index (χ4v) is 2.43. The minimum atomic E-state index is -0.364. The van der Waals surface area contributed by atoms with Crippen molar-refractivity contribution in [1.29, 1.82) is 0 Å². The number of nitrogens with one attached hydrogen (secondary N) is 1. The number of hydrogen-bond donors (Lipinski definition) is 1. The maximum Gasteiger partial charge on any atom is 0.338 e. The van der Waals surface area contributed by atoms with Crippen molar-refractivity contribution in [3.63, 3.8) is 0 Å². The highest BCUT2D eigenvalue weighted by Crippen LogP contribution is 2.10. The van der Waals surface area contributed by atoms with Crippen molar-refractivity contribution < 1.29 is 38.0 Å². The van der Waals surface area contributed by atoms with Crippen LogP contribution in [-0.2, 0) is 33.2 Å². The van der Waals surface area contributed by atoms with Crippen LogP contribution < -0.4 is 5.32 Å². The fraction of sp³-hybridized carbons (Fsp3) is 0.652. The Morgan fingerprint density at radius 2 is 1.31 bits per heavy atom. The van der Waals surface area contributed by atoms with Crippen LogP contribution in [-0.4, -0.2) is 85.1 Å². The molecule has 0 unspecified atom stereocenters. The summed E-state index contributed by atoms with van der Waals surface area (Å²) < 4.78 is 31.1. The van der Waals surface area contributed by atoms with Gasteiger partial charge in [0.1, 0.15) is 6.61 Å². The zero-order valence-corrected chi connectivity index (χ0v) is 19.3. The topological polar surface area (TPSA) is 102 Å². The maximum absolute atomic E-state index is 12.0. The van der Waals surface area contributed by atoms with Gasteiger partial charge in [-0.25, -0.2) is 4.79 Å². The van der Waals surface area contributed by atoms with Gasteiger partial charge in [0.2, 0.25) is 0 Å². The summed E-state index contributed by atoms with van der Waals surface area (Å²) in [7, 11) is 1.35. The van der Waals surface area contributed by atoms with Gasteiger partial charge in [-0.3, -0.25) is 4.79 Å². The maximum atomic E-state index is 12.0. The number of rotatable bonds is 20. The van der Waals surface area contributed by atoms with E-state index in [1.807, 2.05) is 12.1 Å². The highest BCUT2D eigenvalue weighted by molar-refractivity contribution is 5.89. The molecular weight excluding hydrogens is 418 g/mol. The molecule has 9 nitrogen and oxygen atoms in total. The zero-order valence-electron chi connectivity index (χ0n) is 19.3. The molecule has 0 radical (unpaired) electrons. The second-order valence-electron chi connectivity index (χ2n) is 6.77. The van der Waals surface area contributed by atoms with Gasteiger partial charge >= 0.3 is 11.9 Å². The molecular formula is C23H37NO8. The predicted molar refractivity (Wildman–Crippen MR) is 120 cm³/mol. The number of anilines is 1. The first kappa shape index (κ1) is 27.8. The second kappa shape index (κ2) is 19.5. The first-order chi connectivity index (χ1) is 15.7. The third-order valence-electron chi connectivity index (χ3n) is 4.24. The van der Waals surface area contributed by atoms with Crippen LogP contribution in [0.3, 0.4) is 0 Å². The van der Waals surface area contributed by atoms with E-state index in [4.69, 9.17) is 23.7 Å². The second-order valence-corrected chi connectivity index (χ2v) is 6.77. The van der Waals surface area contributed by atoms with Gasteiger partial charge in [-0.1, -0.05) is 13.3 Å². The predicted octanol–water partition coefficient (Wildman–Crippen LogP) is 2.68. The summed E-state index contributed by atoms with van der Waals surface area (Å²) in [5, 5.41) is 3.30. The molecule has 0 aliphatic carbocycles. The Hall–Kier alpha value is -2.20. The van der Waals surface area contributed by atoms with Gasteiger partial charge < -0.3 is 33.7 Å². The first-order valence-corrected chi connectivity index (χ1v) is 11.1. The molecule has 32 heavy (non-hydrogen) atoms. The van der Waals surface area contributed by atoms with Crippen LogP contribution in [0.5, 0.6) is 0 Å².